The third-order valence-electron chi connectivity index (χ3n) is 1.61. The second-order valence-corrected chi connectivity index (χ2v) is 4.40. The maximum Gasteiger partial charge on any atom is 0.573 e. The quantitative estimate of drug-likeness (QED) is 0.597. The zero-order valence-electron chi connectivity index (χ0n) is 7.89. The van der Waals surface area contributed by atoms with Crippen LogP contribution in [-0.2, 0) is 5.33 Å². The van der Waals surface area contributed by atoms with E-state index in [0.29, 0.717) is 5.56 Å². The zero-order valence-corrected chi connectivity index (χ0v) is 11.6. The minimum atomic E-state index is -4.96. The molecule has 0 amide bonds. The molecule has 0 aliphatic rings. The molecule has 1 aromatic rings. The second-order valence-electron chi connectivity index (χ2n) is 2.76. The van der Waals surface area contributed by atoms with E-state index in [1.807, 2.05) is 0 Å². The molecule has 0 saturated carbocycles. The van der Waals surface area contributed by atoms with Crippen LogP contribution in [0.1, 0.15) is 16.1 Å². The second kappa shape index (κ2) is 5.38. The number of aromatic nitrogens is 1. The van der Waals surface area contributed by atoms with Gasteiger partial charge < -0.3 is 9.84 Å². The molecule has 0 fully saturated rings. The summed E-state index contributed by atoms with van der Waals surface area (Å²) < 4.78 is 40.2. The molecule has 0 saturated heterocycles. The number of halogens is 5. The summed E-state index contributed by atoms with van der Waals surface area (Å²) >= 11 is 4.64. The summed E-state index contributed by atoms with van der Waals surface area (Å²) in [6, 6.07) is 0. The minimum absolute atomic E-state index is 0.0594. The fourth-order valence-electron chi connectivity index (χ4n) is 0.962. The van der Waals surface area contributed by atoms with Gasteiger partial charge >= 0.3 is 12.3 Å². The Bertz CT molecular complexity index is 452. The first-order valence-electron chi connectivity index (χ1n) is 3.98. The Kier molecular flexibility index (Phi) is 4.58. The van der Waals surface area contributed by atoms with Gasteiger partial charge in [-0.3, -0.25) is 0 Å². The highest BCUT2D eigenvalue weighted by atomic mass is 127. The fourth-order valence-corrected chi connectivity index (χ4v) is 2.61. The van der Waals surface area contributed by atoms with Gasteiger partial charge in [0.1, 0.15) is 0 Å². The van der Waals surface area contributed by atoms with Gasteiger partial charge in [-0.2, -0.15) is 0 Å². The van der Waals surface area contributed by atoms with Crippen molar-refractivity contribution in [3.63, 3.8) is 0 Å². The monoisotopic (exact) mass is 425 g/mol. The number of carboxylic acids is 1. The first kappa shape index (κ1) is 14.5. The van der Waals surface area contributed by atoms with Crippen molar-refractivity contribution in [2.75, 3.05) is 0 Å². The van der Waals surface area contributed by atoms with E-state index in [0.717, 1.165) is 0 Å². The summed E-state index contributed by atoms with van der Waals surface area (Å²) in [5.41, 5.74) is -0.355. The summed E-state index contributed by atoms with van der Waals surface area (Å²) in [6.07, 6.45) is -3.78. The van der Waals surface area contributed by atoms with Crippen LogP contribution in [0.5, 0.6) is 5.75 Å². The SMILES string of the molecule is O=C(O)c1ncc(CBr)c(I)c1OC(F)(F)F. The van der Waals surface area contributed by atoms with Crippen LogP contribution >= 0.6 is 38.5 Å². The highest BCUT2D eigenvalue weighted by Gasteiger charge is 2.35. The summed E-state index contributed by atoms with van der Waals surface area (Å²) in [7, 11) is 0. The van der Waals surface area contributed by atoms with Crippen molar-refractivity contribution >= 4 is 44.5 Å². The van der Waals surface area contributed by atoms with E-state index in [1.54, 1.807) is 22.6 Å². The summed E-state index contributed by atoms with van der Waals surface area (Å²) in [4.78, 5) is 14.2. The largest absolute Gasteiger partial charge is 0.573 e. The molecule has 1 rings (SSSR count). The number of ether oxygens (including phenoxy) is 1. The molecule has 0 aliphatic heterocycles. The molecule has 0 aliphatic carbocycles. The van der Waals surface area contributed by atoms with Crippen molar-refractivity contribution in [2.24, 2.45) is 0 Å². The molecule has 0 bridgehead atoms. The predicted octanol–water partition coefficient (Wildman–Crippen LogP) is 3.18. The van der Waals surface area contributed by atoms with Crippen LogP contribution in [0.3, 0.4) is 0 Å². The fraction of sp³-hybridized carbons (Fsp3) is 0.250. The minimum Gasteiger partial charge on any atom is -0.476 e. The van der Waals surface area contributed by atoms with E-state index in [1.165, 1.54) is 6.20 Å². The van der Waals surface area contributed by atoms with Gasteiger partial charge in [-0.25, -0.2) is 9.78 Å². The highest BCUT2D eigenvalue weighted by Crippen LogP contribution is 2.33. The lowest BCUT2D eigenvalue weighted by molar-refractivity contribution is -0.275. The Labute approximate surface area is 115 Å². The van der Waals surface area contributed by atoms with E-state index in [2.05, 4.69) is 25.7 Å². The van der Waals surface area contributed by atoms with Gasteiger partial charge in [-0.05, 0) is 28.2 Å². The van der Waals surface area contributed by atoms with E-state index >= 15 is 0 Å². The van der Waals surface area contributed by atoms with E-state index < -0.39 is 23.8 Å². The van der Waals surface area contributed by atoms with Crippen molar-refractivity contribution in [2.45, 2.75) is 11.7 Å². The Morgan fingerprint density at radius 2 is 2.18 bits per heavy atom. The van der Waals surface area contributed by atoms with Crippen LogP contribution in [0.25, 0.3) is 0 Å². The molecular formula is C8H4BrF3INO3. The number of hydrogen-bond acceptors (Lipinski definition) is 3. The Hall–Kier alpha value is -0.580. The van der Waals surface area contributed by atoms with Crippen molar-refractivity contribution in [1.29, 1.82) is 0 Å². The first-order chi connectivity index (χ1) is 7.76. The van der Waals surface area contributed by atoms with Crippen LogP contribution in [0.2, 0.25) is 0 Å². The van der Waals surface area contributed by atoms with E-state index in [-0.39, 0.29) is 8.90 Å². The average molecular weight is 426 g/mol. The number of pyridine rings is 1. The maximum absolute atomic E-state index is 12.1. The van der Waals surface area contributed by atoms with Gasteiger partial charge in [0.25, 0.3) is 0 Å². The van der Waals surface area contributed by atoms with Crippen LogP contribution in [0.4, 0.5) is 13.2 Å². The van der Waals surface area contributed by atoms with Gasteiger partial charge in [0.2, 0.25) is 0 Å². The molecule has 9 heteroatoms. The number of carboxylic acid groups (broad SMARTS) is 1. The van der Waals surface area contributed by atoms with Gasteiger partial charge in [-0.1, -0.05) is 15.9 Å². The van der Waals surface area contributed by atoms with Gasteiger partial charge in [0.05, 0.1) is 3.57 Å². The number of alkyl halides is 4. The molecule has 4 nitrogen and oxygen atoms in total. The Morgan fingerprint density at radius 1 is 1.59 bits per heavy atom. The lowest BCUT2D eigenvalue weighted by Crippen LogP contribution is -2.21. The molecule has 17 heavy (non-hydrogen) atoms. The zero-order chi connectivity index (χ0) is 13.2. The number of carbonyl (C=O) groups is 1. The predicted molar refractivity (Wildman–Crippen MR) is 63.2 cm³/mol. The van der Waals surface area contributed by atoms with Crippen molar-refractivity contribution in [1.82, 2.24) is 4.98 Å². The molecule has 1 heterocycles. The molecule has 94 valence electrons. The molecule has 0 spiro atoms. The van der Waals surface area contributed by atoms with Gasteiger partial charge in [-0.15, -0.1) is 13.2 Å². The van der Waals surface area contributed by atoms with Crippen LogP contribution in [-0.4, -0.2) is 22.4 Å². The highest BCUT2D eigenvalue weighted by molar-refractivity contribution is 14.1. The third kappa shape index (κ3) is 3.69. The lowest BCUT2D eigenvalue weighted by atomic mass is 10.2. The van der Waals surface area contributed by atoms with E-state index in [4.69, 9.17) is 5.11 Å². The number of nitrogens with zero attached hydrogens (tertiary/aromatic N) is 1. The van der Waals surface area contributed by atoms with Crippen molar-refractivity contribution in [3.05, 3.63) is 21.0 Å². The topological polar surface area (TPSA) is 59.4 Å². The van der Waals surface area contributed by atoms with Crippen LogP contribution < -0.4 is 4.74 Å². The van der Waals surface area contributed by atoms with Crippen LogP contribution in [0.15, 0.2) is 6.20 Å². The molecular weight excluding hydrogens is 422 g/mol. The summed E-state index contributed by atoms with van der Waals surface area (Å²) in [5, 5.41) is 8.97. The molecule has 0 aromatic carbocycles. The van der Waals surface area contributed by atoms with Crippen molar-refractivity contribution < 1.29 is 27.8 Å². The summed E-state index contributed by atoms with van der Waals surface area (Å²) in [5.74, 6) is -2.37. The lowest BCUT2D eigenvalue weighted by Gasteiger charge is -2.13. The Balaban J connectivity index is 3.35. The number of hydrogen-bond donors (Lipinski definition) is 1. The molecule has 0 radical (unpaired) electrons. The van der Waals surface area contributed by atoms with E-state index in [9.17, 15) is 18.0 Å². The van der Waals surface area contributed by atoms with Gasteiger partial charge in [0, 0.05) is 11.5 Å². The first-order valence-corrected chi connectivity index (χ1v) is 6.18. The molecule has 1 N–H and O–H groups in total. The van der Waals surface area contributed by atoms with Gasteiger partial charge in [0.15, 0.2) is 11.4 Å². The molecule has 1 aromatic heterocycles. The van der Waals surface area contributed by atoms with Crippen molar-refractivity contribution in [3.8, 4) is 5.75 Å². The normalized spacial score (nSPS) is 11.4. The third-order valence-corrected chi connectivity index (χ3v) is 3.40. The summed E-state index contributed by atoms with van der Waals surface area (Å²) in [6.45, 7) is 0. The number of rotatable bonds is 3. The average Bonchev–Trinajstić information content (AvgIpc) is 2.18. The number of aromatic carboxylic acids is 1. The van der Waals surface area contributed by atoms with Crippen LogP contribution in [0, 0.1) is 3.57 Å². The standard InChI is InChI=1S/C8H4BrF3INO3/c9-1-3-2-14-5(7(15)16)6(4(3)13)17-8(10,11)12/h2H,1H2,(H,15,16). The molecule has 0 unspecified atom stereocenters. The Morgan fingerprint density at radius 3 is 2.59 bits per heavy atom. The molecule has 0 atom stereocenters. The maximum atomic E-state index is 12.1. The smallest absolute Gasteiger partial charge is 0.476 e.